The van der Waals surface area contributed by atoms with Crippen molar-refractivity contribution in [3.8, 4) is 23.0 Å². The molecule has 1 aliphatic carbocycles. The number of nitrogens with zero attached hydrogens (tertiary/aromatic N) is 1. The second-order valence-corrected chi connectivity index (χ2v) is 9.46. The van der Waals surface area contributed by atoms with Gasteiger partial charge in [0.2, 0.25) is 0 Å². The molecule has 0 radical (unpaired) electrons. The Kier molecular flexibility index (Phi) is 9.90. The fourth-order valence-electron chi connectivity index (χ4n) is 4.98. The van der Waals surface area contributed by atoms with E-state index >= 15 is 0 Å². The smallest absolute Gasteiger partial charge is 0.166 e. The number of quaternary nitrogens is 1. The van der Waals surface area contributed by atoms with Crippen molar-refractivity contribution in [2.45, 2.75) is 51.0 Å². The van der Waals surface area contributed by atoms with Crippen molar-refractivity contribution in [3.63, 3.8) is 0 Å². The molecule has 1 saturated carbocycles. The van der Waals surface area contributed by atoms with Crippen molar-refractivity contribution in [2.24, 2.45) is 0 Å². The second-order valence-electron chi connectivity index (χ2n) is 9.46. The number of hydrogen-bond acceptors (Lipinski definition) is 5. The number of methoxy groups -OCH3 is 4. The molecule has 0 saturated heterocycles. The molecule has 1 fully saturated rings. The Balaban J connectivity index is 1.74. The van der Waals surface area contributed by atoms with E-state index in [4.69, 9.17) is 18.9 Å². The van der Waals surface area contributed by atoms with Crippen molar-refractivity contribution < 1.29 is 18.9 Å². The Labute approximate surface area is 205 Å². The first-order valence-corrected chi connectivity index (χ1v) is 12.5. The van der Waals surface area contributed by atoms with E-state index in [0.29, 0.717) is 6.04 Å². The first-order valence-electron chi connectivity index (χ1n) is 12.5. The SMILES string of the molecule is COc1ccc(CC[N+](C)(CCCNC2CCCCC2)c2ccc(OC)c(OC)c2)cc1OC. The maximum Gasteiger partial charge on any atom is 0.166 e. The first kappa shape index (κ1) is 26.2. The lowest BCUT2D eigenvalue weighted by molar-refractivity contribution is 0.309. The maximum absolute atomic E-state index is 5.62. The van der Waals surface area contributed by atoms with Crippen LogP contribution in [0.5, 0.6) is 23.0 Å². The molecule has 3 rings (SSSR count). The van der Waals surface area contributed by atoms with Gasteiger partial charge in [-0.1, -0.05) is 25.3 Å². The monoisotopic (exact) mass is 471 g/mol. The van der Waals surface area contributed by atoms with Crippen LogP contribution in [0.4, 0.5) is 5.69 Å². The average Bonchev–Trinajstić information content (AvgIpc) is 2.89. The predicted octanol–water partition coefficient (Wildman–Crippen LogP) is 5.21. The molecule has 2 aromatic rings. The van der Waals surface area contributed by atoms with E-state index in [-0.39, 0.29) is 0 Å². The predicted molar refractivity (Wildman–Crippen MR) is 140 cm³/mol. The van der Waals surface area contributed by atoms with E-state index < -0.39 is 0 Å². The van der Waals surface area contributed by atoms with Crippen LogP contribution in [-0.4, -0.2) is 61.2 Å². The average molecular weight is 472 g/mol. The molecule has 6 nitrogen and oxygen atoms in total. The van der Waals surface area contributed by atoms with Crippen LogP contribution in [0.25, 0.3) is 0 Å². The van der Waals surface area contributed by atoms with Crippen LogP contribution in [0.15, 0.2) is 36.4 Å². The minimum atomic E-state index is 0.695. The molecule has 1 aliphatic rings. The first-order chi connectivity index (χ1) is 16.5. The Morgan fingerprint density at radius 3 is 2.03 bits per heavy atom. The Morgan fingerprint density at radius 2 is 1.38 bits per heavy atom. The second kappa shape index (κ2) is 12.9. The molecule has 0 heterocycles. The van der Waals surface area contributed by atoms with E-state index in [1.165, 1.54) is 43.4 Å². The highest BCUT2D eigenvalue weighted by Crippen LogP contribution is 2.34. The summed E-state index contributed by atoms with van der Waals surface area (Å²) in [7, 11) is 9.06. The zero-order valence-electron chi connectivity index (χ0n) is 21.7. The van der Waals surface area contributed by atoms with Crippen molar-refractivity contribution in [2.75, 3.05) is 55.1 Å². The topological polar surface area (TPSA) is 49.0 Å². The molecule has 1 N–H and O–H groups in total. The third-order valence-corrected chi connectivity index (χ3v) is 7.20. The molecule has 34 heavy (non-hydrogen) atoms. The van der Waals surface area contributed by atoms with Crippen LogP contribution < -0.4 is 28.7 Å². The van der Waals surface area contributed by atoms with Gasteiger partial charge in [-0.3, -0.25) is 4.48 Å². The van der Waals surface area contributed by atoms with Gasteiger partial charge in [0.25, 0.3) is 0 Å². The fourth-order valence-corrected chi connectivity index (χ4v) is 4.98. The van der Waals surface area contributed by atoms with Crippen LogP contribution in [0.3, 0.4) is 0 Å². The van der Waals surface area contributed by atoms with Gasteiger partial charge in [0.15, 0.2) is 23.0 Å². The minimum absolute atomic E-state index is 0.695. The number of rotatable bonds is 13. The van der Waals surface area contributed by atoms with Crippen LogP contribution in [0.1, 0.15) is 44.1 Å². The van der Waals surface area contributed by atoms with Gasteiger partial charge < -0.3 is 24.3 Å². The highest BCUT2D eigenvalue weighted by Gasteiger charge is 2.27. The minimum Gasteiger partial charge on any atom is -0.493 e. The zero-order valence-corrected chi connectivity index (χ0v) is 21.7. The molecule has 2 aromatic carbocycles. The molecular formula is C28H43N2O4+. The van der Waals surface area contributed by atoms with Gasteiger partial charge in [0, 0.05) is 37.6 Å². The van der Waals surface area contributed by atoms with Gasteiger partial charge in [-0.15, -0.1) is 0 Å². The molecule has 0 aromatic heterocycles. The Morgan fingerprint density at radius 1 is 0.765 bits per heavy atom. The van der Waals surface area contributed by atoms with Crippen molar-refractivity contribution in [3.05, 3.63) is 42.0 Å². The number of benzene rings is 2. The van der Waals surface area contributed by atoms with Crippen LogP contribution in [0, 0.1) is 0 Å². The molecule has 0 spiro atoms. The molecule has 6 heteroatoms. The lowest BCUT2D eigenvalue weighted by atomic mass is 9.95. The maximum atomic E-state index is 5.62. The van der Waals surface area contributed by atoms with Gasteiger partial charge in [-0.2, -0.15) is 0 Å². The summed E-state index contributed by atoms with van der Waals surface area (Å²) in [5, 5.41) is 3.80. The third kappa shape index (κ3) is 6.80. The number of ether oxygens (including phenoxy) is 4. The van der Waals surface area contributed by atoms with E-state index in [9.17, 15) is 0 Å². The highest BCUT2D eigenvalue weighted by atomic mass is 16.5. The normalized spacial score (nSPS) is 16.0. The van der Waals surface area contributed by atoms with Gasteiger partial charge in [-0.25, -0.2) is 0 Å². The van der Waals surface area contributed by atoms with Crippen molar-refractivity contribution >= 4 is 5.69 Å². The highest BCUT2D eigenvalue weighted by molar-refractivity contribution is 5.54. The Bertz CT molecular complexity index is 898. The van der Waals surface area contributed by atoms with Gasteiger partial charge in [0.05, 0.1) is 48.6 Å². The van der Waals surface area contributed by atoms with Crippen LogP contribution in [-0.2, 0) is 6.42 Å². The van der Waals surface area contributed by atoms with Gasteiger partial charge in [0.1, 0.15) is 5.69 Å². The summed E-state index contributed by atoms with van der Waals surface area (Å²) < 4.78 is 22.8. The Hall–Kier alpha value is -2.44. The standard InChI is InChI=1S/C28H43N2O4/c1-30(18-9-17-29-23-10-7-6-8-11-23,24-13-15-26(32-3)28(21-24)34-5)19-16-22-12-14-25(31-2)27(20-22)33-4/h12-15,20-21,23,29H,6-11,16-19H2,1-5H3/q+1. The van der Waals surface area contributed by atoms with E-state index in [1.807, 2.05) is 12.1 Å². The molecule has 0 bridgehead atoms. The van der Waals surface area contributed by atoms with Gasteiger partial charge >= 0.3 is 0 Å². The number of hydrogen-bond donors (Lipinski definition) is 1. The lowest BCUT2D eigenvalue weighted by Gasteiger charge is -2.35. The fraction of sp³-hybridized carbons (Fsp3) is 0.571. The summed E-state index contributed by atoms with van der Waals surface area (Å²) >= 11 is 0. The summed E-state index contributed by atoms with van der Waals surface area (Å²) in [5.41, 5.74) is 2.47. The number of likely N-dealkylation sites (N-methyl/N-ethyl adjacent to an activating group) is 1. The van der Waals surface area contributed by atoms with Crippen molar-refractivity contribution in [1.29, 1.82) is 0 Å². The quantitative estimate of drug-likeness (QED) is 0.321. The van der Waals surface area contributed by atoms with Crippen molar-refractivity contribution in [1.82, 2.24) is 9.80 Å². The van der Waals surface area contributed by atoms with E-state index in [2.05, 4.69) is 36.6 Å². The largest absolute Gasteiger partial charge is 0.493 e. The third-order valence-electron chi connectivity index (χ3n) is 7.20. The van der Waals surface area contributed by atoms with Crippen LogP contribution in [0.2, 0.25) is 0 Å². The summed E-state index contributed by atoms with van der Waals surface area (Å²) in [6.45, 7) is 3.07. The summed E-state index contributed by atoms with van der Waals surface area (Å²) in [4.78, 5) is 0. The molecule has 188 valence electrons. The molecular weight excluding hydrogens is 428 g/mol. The molecule has 1 atom stereocenters. The molecule has 0 aliphatic heterocycles. The molecule has 1 unspecified atom stereocenters. The lowest BCUT2D eigenvalue weighted by Crippen LogP contribution is -2.48. The number of nitrogens with one attached hydrogen (secondary N) is 1. The zero-order chi connectivity index (χ0) is 24.4. The van der Waals surface area contributed by atoms with E-state index in [0.717, 1.165) is 60.0 Å². The summed E-state index contributed by atoms with van der Waals surface area (Å²) in [5.74, 6) is 3.07. The summed E-state index contributed by atoms with van der Waals surface area (Å²) in [6, 6.07) is 13.2. The summed E-state index contributed by atoms with van der Waals surface area (Å²) in [6.07, 6.45) is 8.81. The van der Waals surface area contributed by atoms with Crippen LogP contribution >= 0.6 is 0 Å². The van der Waals surface area contributed by atoms with E-state index in [1.54, 1.807) is 28.4 Å². The van der Waals surface area contributed by atoms with Gasteiger partial charge in [-0.05, 0) is 36.6 Å². The molecule has 0 amide bonds.